The largest absolute Gasteiger partial charge is 0.480 e. The second kappa shape index (κ2) is 5.16. The van der Waals surface area contributed by atoms with Crippen LogP contribution in [0.3, 0.4) is 0 Å². The first-order valence-corrected chi connectivity index (χ1v) is 7.15. The lowest BCUT2D eigenvalue weighted by atomic mass is 10.3. The van der Waals surface area contributed by atoms with Crippen molar-refractivity contribution in [3.8, 4) is 0 Å². The van der Waals surface area contributed by atoms with Gasteiger partial charge < -0.3 is 14.9 Å². The Hall–Kier alpha value is -0.910. The summed E-state index contributed by atoms with van der Waals surface area (Å²) in [7, 11) is 0. The quantitative estimate of drug-likeness (QED) is 0.825. The van der Waals surface area contributed by atoms with Crippen LogP contribution < -0.4 is 0 Å². The number of carbonyl (C=O) groups is 2. The van der Waals surface area contributed by atoms with Crippen molar-refractivity contribution in [2.45, 2.75) is 25.8 Å². The summed E-state index contributed by atoms with van der Waals surface area (Å²) in [5, 5.41) is 9.06. The first-order chi connectivity index (χ1) is 8.13. The summed E-state index contributed by atoms with van der Waals surface area (Å²) >= 11 is 1.51. The molecule has 1 aliphatic heterocycles. The number of carboxylic acid groups (broad SMARTS) is 1. The van der Waals surface area contributed by atoms with Gasteiger partial charge in [0.2, 0.25) is 0 Å². The molecule has 1 unspecified atom stereocenters. The van der Waals surface area contributed by atoms with Crippen molar-refractivity contribution >= 4 is 23.8 Å². The van der Waals surface area contributed by atoms with Crippen LogP contribution in [-0.2, 0) is 4.79 Å². The van der Waals surface area contributed by atoms with Crippen molar-refractivity contribution < 1.29 is 14.7 Å². The molecular formula is C11H18N2O3S. The van der Waals surface area contributed by atoms with E-state index in [1.54, 1.807) is 4.90 Å². The van der Waals surface area contributed by atoms with Crippen LogP contribution >= 0.6 is 11.8 Å². The fraction of sp³-hybridized carbons (Fsp3) is 0.818. The highest BCUT2D eigenvalue weighted by atomic mass is 32.2. The summed E-state index contributed by atoms with van der Waals surface area (Å²) in [6.07, 6.45) is 2.39. The number of aliphatic carboxylic acids is 1. The SMILES string of the molecule is CCN(CC1CC1)C(=O)N1CSCC1C(=O)O. The van der Waals surface area contributed by atoms with Gasteiger partial charge in [0, 0.05) is 18.8 Å². The molecule has 1 saturated heterocycles. The Morgan fingerprint density at radius 2 is 2.18 bits per heavy atom. The third kappa shape index (κ3) is 2.86. The number of carboxylic acids is 1. The molecule has 0 aromatic heterocycles. The van der Waals surface area contributed by atoms with Gasteiger partial charge in [-0.25, -0.2) is 9.59 Å². The monoisotopic (exact) mass is 258 g/mol. The van der Waals surface area contributed by atoms with E-state index in [0.717, 1.165) is 6.54 Å². The van der Waals surface area contributed by atoms with Crippen LogP contribution in [0.2, 0.25) is 0 Å². The molecular weight excluding hydrogens is 240 g/mol. The van der Waals surface area contributed by atoms with Crippen molar-refractivity contribution in [2.75, 3.05) is 24.7 Å². The van der Waals surface area contributed by atoms with Gasteiger partial charge in [-0.3, -0.25) is 0 Å². The van der Waals surface area contributed by atoms with Crippen molar-refractivity contribution in [1.29, 1.82) is 0 Å². The Morgan fingerprint density at radius 3 is 2.71 bits per heavy atom. The number of carbonyl (C=O) groups excluding carboxylic acids is 1. The van der Waals surface area contributed by atoms with Gasteiger partial charge in [0.15, 0.2) is 0 Å². The number of rotatable bonds is 4. The molecule has 2 amide bonds. The zero-order chi connectivity index (χ0) is 12.4. The van der Waals surface area contributed by atoms with E-state index in [9.17, 15) is 9.59 Å². The van der Waals surface area contributed by atoms with Crippen molar-refractivity contribution in [1.82, 2.24) is 9.80 Å². The second-order valence-electron chi connectivity index (χ2n) is 4.59. The van der Waals surface area contributed by atoms with Gasteiger partial charge in [0.25, 0.3) is 0 Å². The first-order valence-electron chi connectivity index (χ1n) is 5.99. The number of hydrogen-bond donors (Lipinski definition) is 1. The van der Waals surface area contributed by atoms with Gasteiger partial charge in [-0.1, -0.05) is 0 Å². The lowest BCUT2D eigenvalue weighted by Gasteiger charge is -2.29. The minimum absolute atomic E-state index is 0.114. The maximum atomic E-state index is 12.2. The molecule has 5 nitrogen and oxygen atoms in total. The topological polar surface area (TPSA) is 60.9 Å². The van der Waals surface area contributed by atoms with E-state index >= 15 is 0 Å². The molecule has 0 spiro atoms. The van der Waals surface area contributed by atoms with E-state index < -0.39 is 12.0 Å². The molecule has 6 heteroatoms. The normalized spacial score (nSPS) is 23.8. The highest BCUT2D eigenvalue weighted by molar-refractivity contribution is 7.99. The van der Waals surface area contributed by atoms with Gasteiger partial charge in [-0.05, 0) is 25.7 Å². The van der Waals surface area contributed by atoms with Gasteiger partial charge in [0.1, 0.15) is 6.04 Å². The van der Waals surface area contributed by atoms with Crippen LogP contribution in [0.25, 0.3) is 0 Å². The Kier molecular flexibility index (Phi) is 3.81. The second-order valence-corrected chi connectivity index (χ2v) is 5.59. The zero-order valence-corrected chi connectivity index (χ0v) is 10.8. The molecule has 2 fully saturated rings. The van der Waals surface area contributed by atoms with Gasteiger partial charge in [0.05, 0.1) is 5.88 Å². The van der Waals surface area contributed by atoms with E-state index in [4.69, 9.17) is 5.11 Å². The summed E-state index contributed by atoms with van der Waals surface area (Å²) in [6.45, 7) is 3.38. The molecule has 0 radical (unpaired) electrons. The number of nitrogens with zero attached hydrogens (tertiary/aromatic N) is 2. The van der Waals surface area contributed by atoms with E-state index in [2.05, 4.69) is 0 Å². The average Bonchev–Trinajstić information content (AvgIpc) is 2.97. The molecule has 2 aliphatic rings. The van der Waals surface area contributed by atoms with E-state index in [-0.39, 0.29) is 6.03 Å². The van der Waals surface area contributed by atoms with Crippen LogP contribution in [0.1, 0.15) is 19.8 Å². The lowest BCUT2D eigenvalue weighted by molar-refractivity contribution is -0.140. The summed E-state index contributed by atoms with van der Waals surface area (Å²) in [5.74, 6) is 0.738. The molecule has 1 saturated carbocycles. The van der Waals surface area contributed by atoms with Crippen molar-refractivity contribution in [2.24, 2.45) is 5.92 Å². The number of hydrogen-bond acceptors (Lipinski definition) is 3. The maximum absolute atomic E-state index is 12.2. The van der Waals surface area contributed by atoms with Crippen molar-refractivity contribution in [3.05, 3.63) is 0 Å². The molecule has 1 aliphatic carbocycles. The standard InChI is InChI=1S/C11H18N2O3S/c1-2-12(5-8-3-4-8)11(16)13-7-17-6-9(13)10(14)15/h8-9H,2-7H2,1H3,(H,14,15). The van der Waals surface area contributed by atoms with Crippen LogP contribution in [-0.4, -0.2) is 57.7 Å². The number of amides is 2. The van der Waals surface area contributed by atoms with E-state index in [1.165, 1.54) is 29.5 Å². The predicted molar refractivity (Wildman–Crippen MR) is 66.0 cm³/mol. The summed E-state index contributed by atoms with van der Waals surface area (Å²) in [5.41, 5.74) is 0. The fourth-order valence-corrected chi connectivity index (χ4v) is 3.11. The highest BCUT2D eigenvalue weighted by Crippen LogP contribution is 2.30. The summed E-state index contributed by atoms with van der Waals surface area (Å²) in [4.78, 5) is 26.5. The summed E-state index contributed by atoms with van der Waals surface area (Å²) < 4.78 is 0. The first kappa shape index (κ1) is 12.5. The molecule has 1 heterocycles. The minimum Gasteiger partial charge on any atom is -0.480 e. The van der Waals surface area contributed by atoms with Crippen LogP contribution in [0.15, 0.2) is 0 Å². The molecule has 17 heavy (non-hydrogen) atoms. The minimum atomic E-state index is -0.897. The third-order valence-corrected chi connectivity index (χ3v) is 4.25. The van der Waals surface area contributed by atoms with Crippen LogP contribution in [0.4, 0.5) is 4.79 Å². The molecule has 2 rings (SSSR count). The molecule has 1 N–H and O–H groups in total. The van der Waals surface area contributed by atoms with Gasteiger partial charge in [-0.2, -0.15) is 0 Å². The lowest BCUT2D eigenvalue weighted by Crippen LogP contribution is -2.49. The Morgan fingerprint density at radius 1 is 1.47 bits per heavy atom. The predicted octanol–water partition coefficient (Wildman–Crippen LogP) is 1.30. The number of urea groups is 1. The smallest absolute Gasteiger partial charge is 0.327 e. The summed E-state index contributed by atoms with van der Waals surface area (Å²) in [6, 6.07) is -0.766. The van der Waals surface area contributed by atoms with Crippen LogP contribution in [0.5, 0.6) is 0 Å². The molecule has 0 bridgehead atoms. The Labute approximate surface area is 105 Å². The van der Waals surface area contributed by atoms with Crippen LogP contribution in [0, 0.1) is 5.92 Å². The van der Waals surface area contributed by atoms with Gasteiger partial charge in [-0.15, -0.1) is 11.8 Å². The Balaban J connectivity index is 1.98. The Bertz CT molecular complexity index is 320. The van der Waals surface area contributed by atoms with E-state index in [0.29, 0.717) is 24.1 Å². The third-order valence-electron chi connectivity index (χ3n) is 3.24. The highest BCUT2D eigenvalue weighted by Gasteiger charge is 2.37. The molecule has 1 atom stereocenters. The molecule has 0 aromatic carbocycles. The average molecular weight is 258 g/mol. The zero-order valence-electron chi connectivity index (χ0n) is 9.96. The van der Waals surface area contributed by atoms with E-state index in [1.807, 2.05) is 6.92 Å². The molecule has 0 aromatic rings. The molecule has 96 valence electrons. The van der Waals surface area contributed by atoms with Gasteiger partial charge >= 0.3 is 12.0 Å². The van der Waals surface area contributed by atoms with Crippen molar-refractivity contribution in [3.63, 3.8) is 0 Å². The maximum Gasteiger partial charge on any atom is 0.327 e. The number of thioether (sulfide) groups is 1. The fourth-order valence-electron chi connectivity index (χ4n) is 1.97.